The lowest BCUT2D eigenvalue weighted by Crippen LogP contribution is -2.48. The molecule has 1 aliphatic heterocycles. The van der Waals surface area contributed by atoms with E-state index in [1.165, 1.54) is 30.2 Å². The summed E-state index contributed by atoms with van der Waals surface area (Å²) in [5.41, 5.74) is 4.84. The van der Waals surface area contributed by atoms with Gasteiger partial charge in [-0.15, -0.1) is 0 Å². The maximum atomic E-state index is 13.6. The quantitative estimate of drug-likeness (QED) is 0.319. The topological polar surface area (TPSA) is 133 Å². The van der Waals surface area contributed by atoms with Gasteiger partial charge in [0.15, 0.2) is 5.69 Å². The van der Waals surface area contributed by atoms with E-state index >= 15 is 0 Å². The molecule has 2 atom stereocenters. The number of carbonyl (C=O) groups excluding carboxylic acids is 1. The number of pyridine rings is 1. The molecule has 214 valence electrons. The monoisotopic (exact) mass is 588 g/mol. The van der Waals surface area contributed by atoms with Crippen molar-refractivity contribution in [3.63, 3.8) is 0 Å². The summed E-state index contributed by atoms with van der Waals surface area (Å²) in [7, 11) is -0.744. The van der Waals surface area contributed by atoms with Crippen LogP contribution in [0, 0.1) is 5.81 Å². The second kappa shape index (κ2) is 11.8. The SMILES string of the molecule is COc1ccc(-c2nc(C(=O)N3CCOC(COc4ccccc4)C3)c(P(N)#CO)o2)c2ccc(C(F)(F)F)nc12. The van der Waals surface area contributed by atoms with Crippen molar-refractivity contribution in [3.8, 4) is 28.8 Å². The summed E-state index contributed by atoms with van der Waals surface area (Å²) >= 11 is 0. The van der Waals surface area contributed by atoms with Gasteiger partial charge in [-0.2, -0.15) is 13.2 Å². The van der Waals surface area contributed by atoms with Gasteiger partial charge in [-0.3, -0.25) is 10.3 Å². The van der Waals surface area contributed by atoms with Gasteiger partial charge < -0.3 is 28.6 Å². The number of fused-ring (bicyclic) bond motifs is 1. The number of rotatable bonds is 6. The number of alkyl halides is 3. The minimum absolute atomic E-state index is 0.0721. The van der Waals surface area contributed by atoms with Crippen LogP contribution in [0.5, 0.6) is 11.5 Å². The van der Waals surface area contributed by atoms with Crippen LogP contribution in [0.15, 0.2) is 59.0 Å². The molecular formula is C27H24F3N4O6P. The standard InChI is InChI=1S/C27H24F3N4O6P/c1-37-20-9-7-19(18-8-10-21(27(28,29)30)32-22(18)20)24-33-23(26(40-24)41(31)15-35)25(36)34-11-12-38-17(13-34)14-39-16-5-3-2-4-6-16/h2-10,17,35H,11-14,31H2,1H3. The molecule has 14 heteroatoms. The largest absolute Gasteiger partial charge is 0.494 e. The van der Waals surface area contributed by atoms with Crippen LogP contribution >= 0.6 is 7.53 Å². The van der Waals surface area contributed by atoms with E-state index in [4.69, 9.17) is 24.1 Å². The van der Waals surface area contributed by atoms with E-state index in [9.17, 15) is 23.1 Å². The van der Waals surface area contributed by atoms with E-state index in [2.05, 4.69) is 9.97 Å². The fraction of sp³-hybridized carbons (Fsp3) is 0.259. The van der Waals surface area contributed by atoms with Gasteiger partial charge in [0.1, 0.15) is 35.4 Å². The van der Waals surface area contributed by atoms with E-state index in [1.807, 2.05) is 36.1 Å². The third-order valence-corrected chi connectivity index (χ3v) is 7.26. The first-order valence-corrected chi connectivity index (χ1v) is 13.7. The Bertz CT molecular complexity index is 1670. The molecule has 4 aromatic rings. The van der Waals surface area contributed by atoms with Gasteiger partial charge >= 0.3 is 6.18 Å². The Balaban J connectivity index is 1.48. The summed E-state index contributed by atoms with van der Waals surface area (Å²) in [6.07, 6.45) is -5.09. The Hall–Kier alpha value is -4.12. The third kappa shape index (κ3) is 6.00. The van der Waals surface area contributed by atoms with Crippen molar-refractivity contribution in [3.05, 3.63) is 66.0 Å². The Morgan fingerprint density at radius 1 is 1.20 bits per heavy atom. The maximum Gasteiger partial charge on any atom is 0.433 e. The van der Waals surface area contributed by atoms with E-state index in [0.29, 0.717) is 5.75 Å². The molecule has 0 radical (unpaired) electrons. The zero-order valence-corrected chi connectivity index (χ0v) is 22.5. The fourth-order valence-corrected chi connectivity index (χ4v) is 4.99. The van der Waals surface area contributed by atoms with Crippen LogP contribution in [-0.4, -0.2) is 65.4 Å². The van der Waals surface area contributed by atoms with Crippen LogP contribution in [-0.2, 0) is 10.9 Å². The average molecular weight is 588 g/mol. The van der Waals surface area contributed by atoms with Crippen LogP contribution in [0.4, 0.5) is 13.2 Å². The van der Waals surface area contributed by atoms with Gasteiger partial charge in [0.25, 0.3) is 5.91 Å². The number of aliphatic hydroxyl groups excluding tert-OH is 1. The molecule has 1 amide bonds. The molecule has 2 aromatic heterocycles. The number of hydrogen-bond donors (Lipinski definition) is 2. The smallest absolute Gasteiger partial charge is 0.433 e. The molecule has 2 unspecified atom stereocenters. The Morgan fingerprint density at radius 3 is 2.68 bits per heavy atom. The number of hydrogen-bond acceptors (Lipinski definition) is 9. The number of methoxy groups -OCH3 is 1. The van der Waals surface area contributed by atoms with Crippen LogP contribution in [0.1, 0.15) is 16.2 Å². The first kappa shape index (κ1) is 28.4. The summed E-state index contributed by atoms with van der Waals surface area (Å²) in [5.74, 6) is 2.06. The highest BCUT2D eigenvalue weighted by Gasteiger charge is 2.34. The van der Waals surface area contributed by atoms with Gasteiger partial charge in [-0.05, 0) is 36.4 Å². The van der Waals surface area contributed by atoms with E-state index in [1.54, 1.807) is 0 Å². The van der Waals surface area contributed by atoms with Crippen molar-refractivity contribution < 1.29 is 41.7 Å². The summed E-state index contributed by atoms with van der Waals surface area (Å²) in [4.78, 5) is 23.3. The predicted octanol–water partition coefficient (Wildman–Crippen LogP) is 4.11. The summed E-state index contributed by atoms with van der Waals surface area (Å²) in [6, 6.07) is 14.2. The lowest BCUT2D eigenvalue weighted by atomic mass is 10.1. The highest BCUT2D eigenvalue weighted by Crippen LogP contribution is 2.37. The van der Waals surface area contributed by atoms with E-state index in [0.717, 1.165) is 6.07 Å². The second-order valence-corrected chi connectivity index (χ2v) is 10.3. The van der Waals surface area contributed by atoms with Crippen molar-refractivity contribution in [2.45, 2.75) is 12.3 Å². The van der Waals surface area contributed by atoms with Crippen molar-refractivity contribution in [1.29, 1.82) is 0 Å². The number of aromatic nitrogens is 2. The van der Waals surface area contributed by atoms with Gasteiger partial charge in [0.2, 0.25) is 11.4 Å². The molecule has 41 heavy (non-hydrogen) atoms. The summed E-state index contributed by atoms with van der Waals surface area (Å²) in [5, 5.41) is 9.77. The van der Waals surface area contributed by atoms with Crippen LogP contribution in [0.25, 0.3) is 22.4 Å². The first-order chi connectivity index (χ1) is 19.7. The number of carbonyl (C=O) groups is 1. The number of nitrogens with two attached hydrogens (primary N) is 1. The van der Waals surface area contributed by atoms with E-state index in [-0.39, 0.29) is 65.6 Å². The van der Waals surface area contributed by atoms with Crippen molar-refractivity contribution in [2.24, 2.45) is 5.50 Å². The number of para-hydroxylation sites is 1. The molecule has 0 bridgehead atoms. The number of ether oxygens (including phenoxy) is 3. The first-order valence-electron chi connectivity index (χ1n) is 12.3. The second-order valence-electron chi connectivity index (χ2n) is 8.92. The van der Waals surface area contributed by atoms with Crippen molar-refractivity contribution in [1.82, 2.24) is 14.9 Å². The van der Waals surface area contributed by atoms with Gasteiger partial charge in [0.05, 0.1) is 27.8 Å². The highest BCUT2D eigenvalue weighted by atomic mass is 31.1. The van der Waals surface area contributed by atoms with E-state index < -0.39 is 31.4 Å². The summed E-state index contributed by atoms with van der Waals surface area (Å²) in [6.45, 7) is 0.905. The van der Waals surface area contributed by atoms with Crippen LogP contribution < -0.4 is 20.5 Å². The van der Waals surface area contributed by atoms with Crippen LogP contribution in [0.2, 0.25) is 0 Å². The number of aliphatic hydroxyl groups is 1. The number of halogens is 3. The molecule has 1 fully saturated rings. The molecular weight excluding hydrogens is 564 g/mol. The lowest BCUT2D eigenvalue weighted by molar-refractivity contribution is -0.140. The number of morpholine rings is 1. The number of benzene rings is 2. The molecule has 1 saturated heterocycles. The third-order valence-electron chi connectivity index (χ3n) is 6.30. The molecule has 2 aromatic carbocycles. The highest BCUT2D eigenvalue weighted by molar-refractivity contribution is 7.52. The normalized spacial score (nSPS) is 15.9. The molecule has 0 saturated carbocycles. The molecule has 3 N–H and O–H groups in total. The Morgan fingerprint density at radius 2 is 1.98 bits per heavy atom. The maximum absolute atomic E-state index is 13.6. The molecule has 10 nitrogen and oxygen atoms in total. The molecule has 3 heterocycles. The molecule has 0 spiro atoms. The Labute approximate surface area is 232 Å². The molecule has 1 aliphatic rings. The summed E-state index contributed by atoms with van der Waals surface area (Å²) < 4.78 is 62.7. The number of oxazole rings is 1. The number of nitrogens with zero attached hydrogens (tertiary/aromatic N) is 3. The Kier molecular flexibility index (Phi) is 8.16. The van der Waals surface area contributed by atoms with Crippen LogP contribution in [0.3, 0.4) is 0 Å². The van der Waals surface area contributed by atoms with Gasteiger partial charge in [-0.25, -0.2) is 9.97 Å². The van der Waals surface area contributed by atoms with Crippen molar-refractivity contribution >= 4 is 29.8 Å². The predicted molar refractivity (Wildman–Crippen MR) is 143 cm³/mol. The zero-order valence-electron chi connectivity index (χ0n) is 21.6. The van der Waals surface area contributed by atoms with Gasteiger partial charge in [-0.1, -0.05) is 18.2 Å². The average Bonchev–Trinajstić information content (AvgIpc) is 3.44. The van der Waals surface area contributed by atoms with Gasteiger partial charge in [0, 0.05) is 23.3 Å². The minimum Gasteiger partial charge on any atom is -0.494 e. The zero-order chi connectivity index (χ0) is 29.1. The molecule has 5 rings (SSSR count). The minimum atomic E-state index is -4.67. The molecule has 0 aliphatic carbocycles. The van der Waals surface area contributed by atoms with Crippen molar-refractivity contribution in [2.75, 3.05) is 33.4 Å². The number of amides is 1. The lowest BCUT2D eigenvalue weighted by Gasteiger charge is -2.32. The fourth-order valence-electron chi connectivity index (χ4n) is 4.34.